The number of hydrogen-bond donors (Lipinski definition) is 6. The highest BCUT2D eigenvalue weighted by Gasteiger charge is 2.54. The number of carboxylic acids is 1. The number of fused-ring (bicyclic) bond motifs is 1. The topological polar surface area (TPSA) is 294 Å². The number of cyclic esters (lactones) is 1. The number of nitrogens with one attached hydrogen (secondary N) is 1. The lowest BCUT2D eigenvalue weighted by molar-refractivity contribution is -0.318. The van der Waals surface area contributed by atoms with Crippen LogP contribution in [-0.2, 0) is 58.9 Å². The lowest BCUT2D eigenvalue weighted by Gasteiger charge is -2.49. The molecule has 23 nitrogen and oxygen atoms in total. The van der Waals surface area contributed by atoms with Crippen LogP contribution in [0.5, 0.6) is 5.75 Å². The van der Waals surface area contributed by atoms with Gasteiger partial charge in [-0.2, -0.15) is 11.8 Å². The number of ether oxygens (including phenoxy) is 9. The summed E-state index contributed by atoms with van der Waals surface area (Å²) in [6.45, 7) is 20.3. The number of carbonyl (C=O) groups excluding carboxylic acids is 2. The van der Waals surface area contributed by atoms with E-state index in [4.69, 9.17) is 47.5 Å². The zero-order valence-corrected chi connectivity index (χ0v) is 51.5. The maximum Gasteiger partial charge on any atom is 0.341 e. The van der Waals surface area contributed by atoms with Crippen molar-refractivity contribution in [3.8, 4) is 5.75 Å². The molecule has 466 valence electrons. The smallest absolute Gasteiger partial charge is 0.341 e. The number of aliphatic hydroxyl groups excluding tert-OH is 2. The first-order chi connectivity index (χ1) is 38.6. The summed E-state index contributed by atoms with van der Waals surface area (Å²) in [5.74, 6) is -4.33. The summed E-state index contributed by atoms with van der Waals surface area (Å²) < 4.78 is 57.6. The van der Waals surface area contributed by atoms with Crippen molar-refractivity contribution >= 4 is 46.3 Å². The van der Waals surface area contributed by atoms with Gasteiger partial charge in [-0.05, 0) is 100 Å². The van der Waals surface area contributed by atoms with Crippen LogP contribution in [0.15, 0.2) is 34.3 Å². The second-order valence-corrected chi connectivity index (χ2v) is 24.4. The minimum atomic E-state index is -2.01. The molecule has 3 saturated heterocycles. The van der Waals surface area contributed by atoms with Crippen molar-refractivity contribution in [1.29, 1.82) is 0 Å². The average Bonchev–Trinajstić information content (AvgIpc) is 3.22. The van der Waals surface area contributed by atoms with Gasteiger partial charge in [-0.3, -0.25) is 14.4 Å². The number of nitrogens with zero attached hydrogens (tertiary/aromatic N) is 3. The molecule has 3 fully saturated rings. The van der Waals surface area contributed by atoms with Gasteiger partial charge in [0.05, 0.1) is 71.7 Å². The van der Waals surface area contributed by atoms with Crippen molar-refractivity contribution in [1.82, 2.24) is 14.8 Å². The van der Waals surface area contributed by atoms with Crippen LogP contribution in [0.25, 0.3) is 10.9 Å². The number of aromatic nitrogens is 1. The van der Waals surface area contributed by atoms with Crippen LogP contribution in [0.4, 0.5) is 0 Å². The van der Waals surface area contributed by atoms with Crippen LogP contribution in [0.2, 0.25) is 0 Å². The molecule has 1 aromatic carbocycles. The Hall–Kier alpha value is -4.02. The van der Waals surface area contributed by atoms with Crippen LogP contribution in [-0.4, -0.2) is 209 Å². The van der Waals surface area contributed by atoms with Gasteiger partial charge in [-0.1, -0.05) is 32.9 Å². The Morgan fingerprint density at radius 2 is 1.65 bits per heavy atom. The number of thioether (sulfide) groups is 1. The number of aryl methyl sites for hydroxylation is 1. The average molecular weight is 1180 g/mol. The highest BCUT2D eigenvalue weighted by atomic mass is 32.2. The molecule has 18 atom stereocenters. The number of methoxy groups -OCH3 is 2. The Morgan fingerprint density at radius 1 is 0.939 bits per heavy atom. The van der Waals surface area contributed by atoms with E-state index in [0.29, 0.717) is 55.4 Å². The van der Waals surface area contributed by atoms with Gasteiger partial charge in [0, 0.05) is 81.8 Å². The van der Waals surface area contributed by atoms with Crippen molar-refractivity contribution < 1.29 is 87.4 Å². The van der Waals surface area contributed by atoms with E-state index >= 15 is 0 Å². The third-order valence-corrected chi connectivity index (χ3v) is 17.4. The number of pyridine rings is 1. The van der Waals surface area contributed by atoms with E-state index in [1.54, 1.807) is 89.9 Å². The summed E-state index contributed by atoms with van der Waals surface area (Å²) in [5.41, 5.74) is -4.95. The van der Waals surface area contributed by atoms with Gasteiger partial charge in [0.1, 0.15) is 34.7 Å². The van der Waals surface area contributed by atoms with Crippen LogP contribution in [0.1, 0.15) is 119 Å². The van der Waals surface area contributed by atoms with Gasteiger partial charge in [0.25, 0.3) is 0 Å². The molecule has 6 N–H and O–H groups in total. The van der Waals surface area contributed by atoms with E-state index in [0.717, 1.165) is 0 Å². The SMILES string of the molecule is CC[C@H]1OC(=O)[C@H](C)[C@@H](O[C@H]2C[C@@](C)(OC)[C@@H](OC(=O)CCNCCSCCOc3ccc4c(c3)c(=O)c(C(=O)O)cn4CC)[C@H](C)O2)[C@H](C)[C@@H](O[C@@H]2O[C@H](C)C[C@H](N(C)C)[C@H]2O)[C@](C)(O)C[C@@H](C)C(=NOCOC)[C@@H](C)[C@@H](O)[C@]1(C)O. The standard InChI is InChI=1S/C58H94N4O19S/c1-16-43-58(11,71)50(66)34(5)46(60-75-31-72-14)32(3)28-56(9,70)51(81-55-48(65)42(61(12)13)26-33(4)76-55)35(6)49(36(7)54(69)78-43)80-45-29-57(10,73-15)52(37(8)77-45)79-44(63)20-21-59-22-24-82-25-23-74-38-18-19-41-39(27-38)47(64)40(53(67)68)30-62(41)17-2/h18-19,27,30,32-37,42-43,45,48-52,55,59,65-66,70-71H,16-17,20-26,28-29,31H2,1-15H3,(H,67,68)/t32-,33-,34-,35+,36-,37+,42+,43-,45+,48-,49+,50-,51-,52+,55+,56-,57-,58-/m1/s1. The molecular weight excluding hydrogens is 1090 g/mol. The van der Waals surface area contributed by atoms with Gasteiger partial charge in [-0.15, -0.1) is 0 Å². The molecule has 1 aromatic heterocycles. The van der Waals surface area contributed by atoms with Crippen molar-refractivity contribution in [2.75, 3.05) is 66.3 Å². The molecule has 3 aliphatic heterocycles. The summed E-state index contributed by atoms with van der Waals surface area (Å²) in [5, 5.41) is 66.2. The van der Waals surface area contributed by atoms with E-state index in [2.05, 4.69) is 10.5 Å². The molecule has 0 unspecified atom stereocenters. The highest BCUT2D eigenvalue weighted by molar-refractivity contribution is 7.99. The predicted octanol–water partition coefficient (Wildman–Crippen LogP) is 4.57. The van der Waals surface area contributed by atoms with Crippen molar-refractivity contribution in [2.24, 2.45) is 28.8 Å². The number of aromatic carboxylic acids is 1. The van der Waals surface area contributed by atoms with Crippen molar-refractivity contribution in [3.63, 3.8) is 0 Å². The minimum Gasteiger partial charge on any atom is -0.493 e. The molecule has 0 saturated carbocycles. The van der Waals surface area contributed by atoms with E-state index in [1.165, 1.54) is 27.3 Å². The number of hydrogen-bond acceptors (Lipinski definition) is 22. The fraction of sp³-hybridized carbons (Fsp3) is 0.776. The molecule has 3 aliphatic rings. The van der Waals surface area contributed by atoms with E-state index in [-0.39, 0.29) is 61.3 Å². The quantitative estimate of drug-likeness (QED) is 0.0384. The third-order valence-electron chi connectivity index (χ3n) is 16.5. The van der Waals surface area contributed by atoms with Crippen LogP contribution < -0.4 is 15.5 Å². The monoisotopic (exact) mass is 1180 g/mol. The van der Waals surface area contributed by atoms with Crippen molar-refractivity contribution in [2.45, 2.75) is 199 Å². The van der Waals surface area contributed by atoms with Gasteiger partial charge >= 0.3 is 17.9 Å². The summed E-state index contributed by atoms with van der Waals surface area (Å²) in [6.07, 6.45) is -8.74. The van der Waals surface area contributed by atoms with Gasteiger partial charge in [0.2, 0.25) is 12.2 Å². The Kier molecular flexibility index (Phi) is 25.5. The molecule has 2 aromatic rings. The Morgan fingerprint density at radius 3 is 2.28 bits per heavy atom. The van der Waals surface area contributed by atoms with E-state index in [9.17, 15) is 44.7 Å². The first kappa shape index (κ1) is 68.8. The lowest BCUT2D eigenvalue weighted by atomic mass is 9.73. The fourth-order valence-electron chi connectivity index (χ4n) is 11.8. The Balaban J connectivity index is 1.30. The summed E-state index contributed by atoms with van der Waals surface area (Å²) in [4.78, 5) is 60.0. The molecule has 0 aliphatic carbocycles. The summed E-state index contributed by atoms with van der Waals surface area (Å²) >= 11 is 1.63. The number of rotatable bonds is 23. The molecule has 0 amide bonds. The zero-order chi connectivity index (χ0) is 61.0. The van der Waals surface area contributed by atoms with Crippen LogP contribution in [0, 0.1) is 23.7 Å². The molecule has 0 bridgehead atoms. The van der Waals surface area contributed by atoms with Gasteiger partial charge < -0.3 is 87.8 Å². The number of likely N-dealkylation sites (N-methyl/N-ethyl adjacent to an activating group) is 1. The molecule has 5 rings (SSSR count). The van der Waals surface area contributed by atoms with E-state index in [1.807, 2.05) is 32.8 Å². The molecule has 82 heavy (non-hydrogen) atoms. The van der Waals surface area contributed by atoms with Crippen LogP contribution >= 0.6 is 11.8 Å². The third kappa shape index (κ3) is 16.9. The number of aliphatic hydroxyl groups is 4. The van der Waals surface area contributed by atoms with Gasteiger partial charge in [-0.25, -0.2) is 4.79 Å². The molecule has 24 heteroatoms. The summed E-state index contributed by atoms with van der Waals surface area (Å²) in [6, 6.07) is 4.71. The molecule has 0 radical (unpaired) electrons. The lowest BCUT2D eigenvalue weighted by Crippen LogP contribution is -2.61. The number of benzene rings is 1. The Labute approximate surface area is 486 Å². The van der Waals surface area contributed by atoms with Crippen LogP contribution in [0.3, 0.4) is 0 Å². The Bertz CT molecular complexity index is 2500. The maximum absolute atomic E-state index is 14.6. The number of esters is 2. The highest BCUT2D eigenvalue weighted by Crippen LogP contribution is 2.42. The fourth-order valence-corrected chi connectivity index (χ4v) is 12.5. The first-order valence-electron chi connectivity index (χ1n) is 28.6. The normalized spacial score (nSPS) is 35.7. The summed E-state index contributed by atoms with van der Waals surface area (Å²) in [7, 11) is 6.62. The predicted molar refractivity (Wildman–Crippen MR) is 307 cm³/mol. The molecule has 0 spiro atoms. The second kappa shape index (κ2) is 30.4. The van der Waals surface area contributed by atoms with Crippen molar-refractivity contribution in [3.05, 3.63) is 40.2 Å². The second-order valence-electron chi connectivity index (χ2n) is 23.2. The molecule has 4 heterocycles. The maximum atomic E-state index is 14.6. The van der Waals surface area contributed by atoms with E-state index < -0.39 is 119 Å². The number of carbonyl (C=O) groups is 3. The van der Waals surface area contributed by atoms with Gasteiger partial charge in [0.15, 0.2) is 18.7 Å². The molecular formula is C58H94N4O19S. The zero-order valence-electron chi connectivity index (χ0n) is 50.7. The largest absolute Gasteiger partial charge is 0.493 e. The number of carboxylic acid groups (broad SMARTS) is 1. The minimum absolute atomic E-state index is 0.0180. The number of oxime groups is 1. The first-order valence-corrected chi connectivity index (χ1v) is 29.8.